The van der Waals surface area contributed by atoms with Crippen LogP contribution in [0.1, 0.15) is 63.1 Å². The van der Waals surface area contributed by atoms with E-state index in [1.54, 1.807) is 50.3 Å². The van der Waals surface area contributed by atoms with Crippen molar-refractivity contribution in [2.24, 2.45) is 0 Å². The number of anilines is 1. The molecule has 0 aliphatic heterocycles. The number of aromatic nitrogens is 1. The number of allylic oxidation sites excluding steroid dienone is 6. The van der Waals surface area contributed by atoms with Crippen LogP contribution >= 0.6 is 0 Å². The predicted octanol–water partition coefficient (Wildman–Crippen LogP) is 11.5. The molecule has 1 aromatic heterocycles. The lowest BCUT2D eigenvalue weighted by molar-refractivity contribution is -0.142. The Bertz CT molecular complexity index is 1730. The molecule has 1 atom stereocenters. The molecule has 1 aliphatic carbocycles. The van der Waals surface area contributed by atoms with E-state index < -0.39 is 35.6 Å². The van der Waals surface area contributed by atoms with Gasteiger partial charge >= 0.3 is 12.4 Å². The summed E-state index contributed by atoms with van der Waals surface area (Å²) >= 11 is 0. The van der Waals surface area contributed by atoms with Gasteiger partial charge in [0.25, 0.3) is 0 Å². The number of benzene rings is 2. The first-order chi connectivity index (χ1) is 23.9. The summed E-state index contributed by atoms with van der Waals surface area (Å²) in [6, 6.07) is 7.04. The maximum Gasteiger partial charge on any atom is 0.417 e. The van der Waals surface area contributed by atoms with Gasteiger partial charge in [0, 0.05) is 54.9 Å². The number of aryl methyl sites for hydroxylation is 1. The highest BCUT2D eigenvalue weighted by atomic mass is 19.4. The van der Waals surface area contributed by atoms with E-state index in [1.807, 2.05) is 26.0 Å². The summed E-state index contributed by atoms with van der Waals surface area (Å²) in [6.45, 7) is 17.9. The first kappa shape index (κ1) is 42.6. The quantitative estimate of drug-likeness (QED) is 0.124. The second-order valence-corrected chi connectivity index (χ2v) is 11.9. The monoisotopic (exact) mass is 722 g/mol. The van der Waals surface area contributed by atoms with Gasteiger partial charge < -0.3 is 15.5 Å². The Kier molecular flexibility index (Phi) is 15.5. The summed E-state index contributed by atoms with van der Waals surface area (Å²) in [5.41, 5.74) is 2.05. The fourth-order valence-corrected chi connectivity index (χ4v) is 5.72. The lowest BCUT2D eigenvalue weighted by atomic mass is 9.90. The van der Waals surface area contributed by atoms with Gasteiger partial charge in [0.2, 0.25) is 0 Å². The number of halogens is 8. The summed E-state index contributed by atoms with van der Waals surface area (Å²) in [4.78, 5) is 6.17. The first-order valence-electron chi connectivity index (χ1n) is 16.4. The van der Waals surface area contributed by atoms with Crippen molar-refractivity contribution in [1.82, 2.24) is 15.2 Å². The molecule has 4 nitrogen and oxygen atoms in total. The summed E-state index contributed by atoms with van der Waals surface area (Å²) in [5, 5.41) is 5.61. The summed E-state index contributed by atoms with van der Waals surface area (Å²) in [5.74, 6) is -1.94. The smallest absolute Gasteiger partial charge is 0.385 e. The Morgan fingerprint density at radius 3 is 2.10 bits per heavy atom. The van der Waals surface area contributed by atoms with Crippen LogP contribution in [0.5, 0.6) is 0 Å². The molecule has 2 aromatic carbocycles. The number of fused-ring (bicyclic) bond motifs is 1. The fraction of sp³-hybridized carbons (Fsp3) is 0.359. The van der Waals surface area contributed by atoms with Crippen LogP contribution < -0.4 is 10.6 Å². The molecule has 0 amide bonds. The lowest BCUT2D eigenvalue weighted by Gasteiger charge is -2.23. The Labute approximate surface area is 295 Å². The molecule has 3 aromatic rings. The van der Waals surface area contributed by atoms with Gasteiger partial charge in [-0.1, -0.05) is 50.4 Å². The number of hydrogen-bond donors (Lipinski definition) is 2. The van der Waals surface area contributed by atoms with Gasteiger partial charge in [-0.3, -0.25) is 4.98 Å². The molecule has 51 heavy (non-hydrogen) atoms. The van der Waals surface area contributed by atoms with Gasteiger partial charge in [0.1, 0.15) is 17.7 Å². The molecular formula is C39H46F8N4. The van der Waals surface area contributed by atoms with E-state index in [4.69, 9.17) is 0 Å². The number of alkyl halides is 6. The maximum absolute atomic E-state index is 14.2. The Morgan fingerprint density at radius 1 is 1.00 bits per heavy atom. The van der Waals surface area contributed by atoms with E-state index in [0.29, 0.717) is 36.0 Å². The largest absolute Gasteiger partial charge is 0.417 e. The van der Waals surface area contributed by atoms with E-state index >= 15 is 0 Å². The van der Waals surface area contributed by atoms with E-state index in [9.17, 15) is 35.1 Å². The van der Waals surface area contributed by atoms with Gasteiger partial charge in [-0.15, -0.1) is 6.58 Å². The number of rotatable bonds is 10. The third kappa shape index (κ3) is 10.9. The molecule has 4 rings (SSSR count). The Hall–Kier alpha value is -4.61. The normalized spacial score (nSPS) is 14.0. The zero-order chi connectivity index (χ0) is 38.7. The zero-order valence-electron chi connectivity index (χ0n) is 29.8. The van der Waals surface area contributed by atoms with Crippen molar-refractivity contribution < 1.29 is 35.1 Å². The molecule has 0 bridgehead atoms. The van der Waals surface area contributed by atoms with Crippen LogP contribution in [0.3, 0.4) is 0 Å². The van der Waals surface area contributed by atoms with Crippen molar-refractivity contribution in [2.75, 3.05) is 26.0 Å². The fourth-order valence-electron chi connectivity index (χ4n) is 5.72. The molecule has 1 heterocycles. The minimum absolute atomic E-state index is 0.0434. The predicted molar refractivity (Wildman–Crippen MR) is 193 cm³/mol. The third-order valence-corrected chi connectivity index (χ3v) is 7.94. The third-order valence-electron chi connectivity index (χ3n) is 7.94. The molecule has 2 N–H and O–H groups in total. The van der Waals surface area contributed by atoms with Gasteiger partial charge in [0.05, 0.1) is 16.7 Å². The van der Waals surface area contributed by atoms with E-state index in [2.05, 4.69) is 35.4 Å². The number of pyridine rings is 1. The minimum Gasteiger partial charge on any atom is -0.385 e. The second kappa shape index (κ2) is 18.6. The van der Waals surface area contributed by atoms with Gasteiger partial charge in [0.15, 0.2) is 0 Å². The molecule has 278 valence electrons. The number of nitrogens with one attached hydrogen (secondary N) is 2. The molecular weight excluding hydrogens is 676 g/mol. The average molecular weight is 723 g/mol. The van der Waals surface area contributed by atoms with Gasteiger partial charge in [-0.2, -0.15) is 26.3 Å². The Balaban J connectivity index is 0.000000338. The first-order valence-corrected chi connectivity index (χ1v) is 16.4. The van der Waals surface area contributed by atoms with Crippen LogP contribution in [0.15, 0.2) is 91.3 Å². The summed E-state index contributed by atoms with van der Waals surface area (Å²) in [7, 11) is 3.59. The summed E-state index contributed by atoms with van der Waals surface area (Å²) in [6.07, 6.45) is -2.75. The summed E-state index contributed by atoms with van der Waals surface area (Å²) < 4.78 is 108. The van der Waals surface area contributed by atoms with Crippen LogP contribution in [-0.2, 0) is 0 Å². The molecule has 1 unspecified atom stereocenters. The molecule has 0 saturated heterocycles. The van der Waals surface area contributed by atoms with Crippen molar-refractivity contribution in [3.8, 4) is 0 Å². The molecule has 0 fully saturated rings. The van der Waals surface area contributed by atoms with Gasteiger partial charge in [-0.25, -0.2) is 8.78 Å². The number of hydrogen-bond acceptors (Lipinski definition) is 4. The lowest BCUT2D eigenvalue weighted by Crippen LogP contribution is -2.35. The van der Waals surface area contributed by atoms with Crippen LogP contribution in [-0.4, -0.2) is 48.9 Å². The molecule has 0 spiro atoms. The zero-order valence-corrected chi connectivity index (χ0v) is 29.8. The van der Waals surface area contributed by atoms with Crippen LogP contribution in [0.25, 0.3) is 22.2 Å². The SMILES string of the molecule is C=C(NCC)c1c(F)cc(NC(CC)C(F)(F)F)cc1F.C=C/C(=C(\C1=C(N(C)C)CCC1)C(F)(F)F)c1ccc(C)c2cccnc12.C=CC. The van der Waals surface area contributed by atoms with Gasteiger partial charge in [-0.05, 0) is 81.4 Å². The highest BCUT2D eigenvalue weighted by Crippen LogP contribution is 2.45. The average Bonchev–Trinajstić information content (AvgIpc) is 3.52. The van der Waals surface area contributed by atoms with Crippen molar-refractivity contribution in [3.63, 3.8) is 0 Å². The Morgan fingerprint density at radius 2 is 1.61 bits per heavy atom. The number of nitrogens with zero attached hydrogens (tertiary/aromatic N) is 2. The molecule has 0 radical (unpaired) electrons. The van der Waals surface area contributed by atoms with Crippen LogP contribution in [0, 0.1) is 18.6 Å². The van der Waals surface area contributed by atoms with E-state index in [-0.39, 0.29) is 28.9 Å². The highest BCUT2D eigenvalue weighted by molar-refractivity contribution is 5.96. The molecule has 1 aliphatic rings. The standard InChI is InChI=1S/C22H23F3N2.C14H17F5N2.C3H6/c1-5-15(17-12-11-14(2)16-9-7-13-26-21(16)17)20(22(23,24)25)18-8-6-10-19(18)27(3)4;1-4-12(14(17,18)19)21-9-6-10(15)13(11(16)7-9)8(3)20-5-2;1-3-2/h5,7,9,11-13H,1,6,8,10H2,2-4H3;6-7,12,20-21H,3-5H2,1-2H3;3H,1H2,2H3/b20-15-;;. The van der Waals surface area contributed by atoms with E-state index in [0.717, 1.165) is 35.2 Å². The second-order valence-electron chi connectivity index (χ2n) is 11.9. The van der Waals surface area contributed by atoms with Crippen molar-refractivity contribution in [1.29, 1.82) is 0 Å². The molecule has 12 heteroatoms. The van der Waals surface area contributed by atoms with E-state index in [1.165, 1.54) is 13.0 Å². The maximum atomic E-state index is 14.2. The van der Waals surface area contributed by atoms with Crippen molar-refractivity contribution in [3.05, 3.63) is 120 Å². The highest BCUT2D eigenvalue weighted by Gasteiger charge is 2.41. The van der Waals surface area contributed by atoms with Crippen LogP contribution in [0.2, 0.25) is 0 Å². The van der Waals surface area contributed by atoms with Crippen molar-refractivity contribution >= 4 is 27.9 Å². The molecule has 0 saturated carbocycles. The minimum atomic E-state index is -4.49. The van der Waals surface area contributed by atoms with Crippen molar-refractivity contribution in [2.45, 2.75) is 71.8 Å². The topological polar surface area (TPSA) is 40.2 Å². The van der Waals surface area contributed by atoms with Crippen LogP contribution in [0.4, 0.5) is 40.8 Å².